The van der Waals surface area contributed by atoms with Gasteiger partial charge in [-0.3, -0.25) is 4.90 Å². The predicted molar refractivity (Wildman–Crippen MR) is 100 cm³/mol. The van der Waals surface area contributed by atoms with Crippen LogP contribution < -0.4 is 10.6 Å². The summed E-state index contributed by atoms with van der Waals surface area (Å²) >= 11 is 0. The van der Waals surface area contributed by atoms with E-state index in [1.807, 2.05) is 24.3 Å². The zero-order chi connectivity index (χ0) is 16.9. The summed E-state index contributed by atoms with van der Waals surface area (Å²) in [6.07, 6.45) is 0.236. The summed E-state index contributed by atoms with van der Waals surface area (Å²) in [5.41, 5.74) is 10.1. The van der Waals surface area contributed by atoms with Gasteiger partial charge in [-0.2, -0.15) is 0 Å². The highest BCUT2D eigenvalue weighted by Crippen LogP contribution is 2.23. The van der Waals surface area contributed by atoms with E-state index in [1.54, 1.807) is 0 Å². The van der Waals surface area contributed by atoms with Crippen LogP contribution in [0.2, 0.25) is 0 Å². The molecule has 0 radical (unpaired) electrons. The Hall–Kier alpha value is -2.04. The fourth-order valence-electron chi connectivity index (χ4n) is 3.33. The van der Waals surface area contributed by atoms with Crippen LogP contribution in [0.25, 0.3) is 0 Å². The highest BCUT2D eigenvalue weighted by atomic mass is 16.3. The van der Waals surface area contributed by atoms with E-state index in [0.717, 1.165) is 44.7 Å². The number of hydrogen-bond donors (Lipinski definition) is 2. The summed E-state index contributed by atoms with van der Waals surface area (Å²) in [7, 11) is 0. The molecule has 4 heteroatoms. The van der Waals surface area contributed by atoms with Crippen LogP contribution in [0.1, 0.15) is 23.7 Å². The molecule has 128 valence electrons. The molecule has 0 saturated carbocycles. The van der Waals surface area contributed by atoms with Crippen molar-refractivity contribution in [2.45, 2.75) is 19.4 Å². The Morgan fingerprint density at radius 3 is 2.50 bits per heavy atom. The van der Waals surface area contributed by atoms with Gasteiger partial charge in [-0.15, -0.1) is 0 Å². The Labute approximate surface area is 144 Å². The van der Waals surface area contributed by atoms with Crippen molar-refractivity contribution in [3.05, 3.63) is 59.7 Å². The van der Waals surface area contributed by atoms with E-state index in [4.69, 9.17) is 5.73 Å². The number of piperazine rings is 1. The Morgan fingerprint density at radius 2 is 1.79 bits per heavy atom. The van der Waals surface area contributed by atoms with Crippen LogP contribution in [0.4, 0.5) is 11.4 Å². The van der Waals surface area contributed by atoms with Gasteiger partial charge in [-0.25, -0.2) is 0 Å². The fourth-order valence-corrected chi connectivity index (χ4v) is 3.33. The van der Waals surface area contributed by atoms with Gasteiger partial charge in [0.05, 0.1) is 6.10 Å². The van der Waals surface area contributed by atoms with Crippen molar-refractivity contribution < 1.29 is 5.11 Å². The van der Waals surface area contributed by atoms with E-state index in [-0.39, 0.29) is 0 Å². The first-order valence-electron chi connectivity index (χ1n) is 8.70. The number of nitrogens with zero attached hydrogens (tertiary/aromatic N) is 2. The van der Waals surface area contributed by atoms with E-state index in [0.29, 0.717) is 5.69 Å². The Bertz CT molecular complexity index is 665. The van der Waals surface area contributed by atoms with E-state index in [1.165, 1.54) is 11.3 Å². The fraction of sp³-hybridized carbons (Fsp3) is 0.400. The van der Waals surface area contributed by atoms with Gasteiger partial charge in [0.1, 0.15) is 0 Å². The number of aryl methyl sites for hydroxylation is 1. The normalized spacial score (nSPS) is 17.0. The molecule has 2 aromatic carbocycles. The minimum absolute atomic E-state index is 0.485. The van der Waals surface area contributed by atoms with Gasteiger partial charge >= 0.3 is 0 Å². The van der Waals surface area contributed by atoms with E-state index < -0.39 is 6.10 Å². The van der Waals surface area contributed by atoms with Crippen molar-refractivity contribution in [2.24, 2.45) is 0 Å². The summed E-state index contributed by atoms with van der Waals surface area (Å²) in [5, 5.41) is 10.4. The Kier molecular flexibility index (Phi) is 5.38. The average molecular weight is 325 g/mol. The molecule has 1 atom stereocenters. The van der Waals surface area contributed by atoms with Gasteiger partial charge in [0.25, 0.3) is 0 Å². The number of anilines is 2. The average Bonchev–Trinajstić information content (AvgIpc) is 2.60. The largest absolute Gasteiger partial charge is 0.398 e. The van der Waals surface area contributed by atoms with Gasteiger partial charge in [-0.05, 0) is 37.1 Å². The monoisotopic (exact) mass is 325 g/mol. The number of aliphatic hydroxyl groups is 1. The van der Waals surface area contributed by atoms with Crippen molar-refractivity contribution in [3.63, 3.8) is 0 Å². The topological polar surface area (TPSA) is 52.7 Å². The van der Waals surface area contributed by atoms with Crippen LogP contribution >= 0.6 is 0 Å². The SMILES string of the molecule is Cc1cccc(N2CCN(CCC(O)c3ccccc3N)CC2)c1. The maximum atomic E-state index is 10.4. The van der Waals surface area contributed by atoms with E-state index in [2.05, 4.69) is 41.0 Å². The van der Waals surface area contributed by atoms with Crippen LogP contribution in [0.5, 0.6) is 0 Å². The van der Waals surface area contributed by atoms with Crippen LogP contribution in [0.3, 0.4) is 0 Å². The van der Waals surface area contributed by atoms with Crippen LogP contribution in [0.15, 0.2) is 48.5 Å². The second kappa shape index (κ2) is 7.69. The van der Waals surface area contributed by atoms with Crippen LogP contribution in [-0.2, 0) is 0 Å². The second-order valence-electron chi connectivity index (χ2n) is 6.60. The molecule has 0 amide bonds. The quantitative estimate of drug-likeness (QED) is 0.830. The second-order valence-corrected chi connectivity index (χ2v) is 6.60. The summed E-state index contributed by atoms with van der Waals surface area (Å²) < 4.78 is 0. The molecule has 3 N–H and O–H groups in total. The number of para-hydroxylation sites is 1. The van der Waals surface area contributed by atoms with Crippen molar-refractivity contribution in [2.75, 3.05) is 43.4 Å². The summed E-state index contributed by atoms with van der Waals surface area (Å²) in [4.78, 5) is 4.86. The zero-order valence-electron chi connectivity index (χ0n) is 14.4. The first kappa shape index (κ1) is 16.8. The number of rotatable bonds is 5. The first-order valence-corrected chi connectivity index (χ1v) is 8.70. The van der Waals surface area contributed by atoms with Gasteiger partial charge in [0, 0.05) is 49.7 Å². The van der Waals surface area contributed by atoms with E-state index in [9.17, 15) is 5.11 Å². The molecule has 0 aromatic heterocycles. The third kappa shape index (κ3) is 4.08. The number of nitrogens with two attached hydrogens (primary N) is 1. The molecule has 1 saturated heterocycles. The van der Waals surface area contributed by atoms with Crippen LogP contribution in [-0.4, -0.2) is 42.7 Å². The standard InChI is InChI=1S/C20H27N3O/c1-16-5-4-6-17(15-16)23-13-11-22(12-14-23)10-9-20(24)18-7-2-3-8-19(18)21/h2-8,15,20,24H,9-14,21H2,1H3. The molecule has 4 nitrogen and oxygen atoms in total. The molecular weight excluding hydrogens is 298 g/mol. The first-order chi connectivity index (χ1) is 11.6. The lowest BCUT2D eigenvalue weighted by molar-refractivity contribution is 0.140. The molecular formula is C20H27N3O. The lowest BCUT2D eigenvalue weighted by Crippen LogP contribution is -2.46. The lowest BCUT2D eigenvalue weighted by Gasteiger charge is -2.36. The summed E-state index contributed by atoms with van der Waals surface area (Å²) in [6, 6.07) is 16.3. The molecule has 1 fully saturated rings. The Morgan fingerprint density at radius 1 is 1.04 bits per heavy atom. The summed E-state index contributed by atoms with van der Waals surface area (Å²) in [5.74, 6) is 0. The minimum atomic E-state index is -0.485. The third-order valence-electron chi connectivity index (χ3n) is 4.81. The number of benzene rings is 2. The van der Waals surface area contributed by atoms with Gasteiger partial charge < -0.3 is 15.7 Å². The maximum Gasteiger partial charge on any atom is 0.0822 e. The smallest absolute Gasteiger partial charge is 0.0822 e. The van der Waals surface area contributed by atoms with Crippen LogP contribution in [0, 0.1) is 6.92 Å². The number of aliphatic hydroxyl groups excluding tert-OH is 1. The summed E-state index contributed by atoms with van der Waals surface area (Å²) in [6.45, 7) is 7.17. The third-order valence-corrected chi connectivity index (χ3v) is 4.81. The van der Waals surface area contributed by atoms with Crippen molar-refractivity contribution >= 4 is 11.4 Å². The molecule has 0 spiro atoms. The van der Waals surface area contributed by atoms with Gasteiger partial charge in [-0.1, -0.05) is 30.3 Å². The minimum Gasteiger partial charge on any atom is -0.398 e. The molecule has 0 aliphatic carbocycles. The molecule has 0 bridgehead atoms. The highest BCUT2D eigenvalue weighted by molar-refractivity contribution is 5.49. The van der Waals surface area contributed by atoms with E-state index >= 15 is 0 Å². The van der Waals surface area contributed by atoms with Crippen molar-refractivity contribution in [1.82, 2.24) is 4.90 Å². The Balaban J connectivity index is 1.48. The van der Waals surface area contributed by atoms with Crippen molar-refractivity contribution in [3.8, 4) is 0 Å². The number of nitrogen functional groups attached to an aromatic ring is 1. The molecule has 24 heavy (non-hydrogen) atoms. The highest BCUT2D eigenvalue weighted by Gasteiger charge is 2.19. The van der Waals surface area contributed by atoms with Gasteiger partial charge in [0.15, 0.2) is 0 Å². The maximum absolute atomic E-state index is 10.4. The zero-order valence-corrected chi connectivity index (χ0v) is 14.4. The molecule has 1 unspecified atom stereocenters. The predicted octanol–water partition coefficient (Wildman–Crippen LogP) is 2.82. The lowest BCUT2D eigenvalue weighted by atomic mass is 10.0. The van der Waals surface area contributed by atoms with Crippen molar-refractivity contribution in [1.29, 1.82) is 0 Å². The van der Waals surface area contributed by atoms with Gasteiger partial charge in [0.2, 0.25) is 0 Å². The molecule has 1 aliphatic rings. The molecule has 1 heterocycles. The molecule has 1 aliphatic heterocycles. The number of hydrogen-bond acceptors (Lipinski definition) is 4. The molecule has 3 rings (SSSR count). The molecule has 2 aromatic rings.